The third-order valence-electron chi connectivity index (χ3n) is 4.73. The van der Waals surface area contributed by atoms with E-state index < -0.39 is 6.61 Å². The molecule has 1 saturated heterocycles. The summed E-state index contributed by atoms with van der Waals surface area (Å²) >= 11 is 0. The summed E-state index contributed by atoms with van der Waals surface area (Å²) in [7, 11) is 0. The minimum absolute atomic E-state index is 0. The van der Waals surface area contributed by atoms with Gasteiger partial charge in [-0.3, -0.25) is 4.90 Å². The van der Waals surface area contributed by atoms with Gasteiger partial charge in [0.1, 0.15) is 5.75 Å². The zero-order valence-corrected chi connectivity index (χ0v) is 19.9. The number of hydrogen-bond acceptors (Lipinski definition) is 4. The van der Waals surface area contributed by atoms with Crippen molar-refractivity contribution < 1.29 is 18.3 Å². The Morgan fingerprint density at radius 2 is 2.14 bits per heavy atom. The van der Waals surface area contributed by atoms with Gasteiger partial charge in [-0.05, 0) is 33.8 Å². The lowest BCUT2D eigenvalue weighted by Crippen LogP contribution is -2.53. The molecule has 2 rings (SSSR count). The lowest BCUT2D eigenvalue weighted by atomic mass is 10.1. The van der Waals surface area contributed by atoms with Crippen molar-refractivity contribution >= 4 is 29.9 Å². The van der Waals surface area contributed by atoms with Gasteiger partial charge in [0.05, 0.1) is 19.8 Å². The van der Waals surface area contributed by atoms with Gasteiger partial charge in [-0.15, -0.1) is 24.0 Å². The molecule has 0 saturated carbocycles. The number of nitrogens with zero attached hydrogens (tertiary/aromatic N) is 2. The van der Waals surface area contributed by atoms with Crippen molar-refractivity contribution in [3.63, 3.8) is 0 Å². The van der Waals surface area contributed by atoms with E-state index in [1.807, 2.05) is 19.9 Å². The molecule has 9 heteroatoms. The summed E-state index contributed by atoms with van der Waals surface area (Å²) in [4.78, 5) is 6.97. The molecule has 2 atom stereocenters. The molecule has 6 nitrogen and oxygen atoms in total. The summed E-state index contributed by atoms with van der Waals surface area (Å²) in [6, 6.07) is 5.84. The first-order valence-electron chi connectivity index (χ1n) is 9.80. The molecule has 166 valence electrons. The number of rotatable bonds is 8. The molecule has 0 aliphatic carbocycles. The van der Waals surface area contributed by atoms with Crippen molar-refractivity contribution in [3.8, 4) is 5.75 Å². The van der Waals surface area contributed by atoms with E-state index in [1.165, 1.54) is 0 Å². The summed E-state index contributed by atoms with van der Waals surface area (Å²) in [6.07, 6.45) is 0. The highest BCUT2D eigenvalue weighted by Crippen LogP contribution is 2.23. The average Bonchev–Trinajstić information content (AvgIpc) is 2.65. The standard InChI is InChI=1S/C20H32F2N4O2.HI/c1-5-23-20(24-11-15(3)26-8-9-27-13-16(26)4)25-12-17-10-14(2)6-7-18(17)28-19(21)22;/h6-7,10,15-16,19H,5,8-9,11-13H2,1-4H3,(H2,23,24,25);1H. The Hall–Kier alpha value is -1.20. The minimum atomic E-state index is -2.85. The Morgan fingerprint density at radius 1 is 1.38 bits per heavy atom. The minimum Gasteiger partial charge on any atom is -0.434 e. The van der Waals surface area contributed by atoms with Gasteiger partial charge in [-0.25, -0.2) is 4.99 Å². The molecular formula is C20H33F2IN4O2. The average molecular weight is 526 g/mol. The van der Waals surface area contributed by atoms with Crippen molar-refractivity contribution in [3.05, 3.63) is 29.3 Å². The van der Waals surface area contributed by atoms with Gasteiger partial charge in [-0.2, -0.15) is 8.78 Å². The highest BCUT2D eigenvalue weighted by molar-refractivity contribution is 14.0. The maximum atomic E-state index is 12.6. The fourth-order valence-corrected chi connectivity index (χ4v) is 3.31. The fourth-order valence-electron chi connectivity index (χ4n) is 3.31. The third kappa shape index (κ3) is 8.59. The van der Waals surface area contributed by atoms with Crippen LogP contribution in [0, 0.1) is 6.92 Å². The highest BCUT2D eigenvalue weighted by atomic mass is 127. The van der Waals surface area contributed by atoms with Gasteiger partial charge in [-0.1, -0.05) is 17.7 Å². The van der Waals surface area contributed by atoms with Crippen LogP contribution in [0.5, 0.6) is 5.75 Å². The van der Waals surface area contributed by atoms with Crippen molar-refractivity contribution in [1.29, 1.82) is 0 Å². The van der Waals surface area contributed by atoms with E-state index in [4.69, 9.17) is 4.74 Å². The number of nitrogens with one attached hydrogen (secondary N) is 2. The lowest BCUT2D eigenvalue weighted by Gasteiger charge is -2.38. The van der Waals surface area contributed by atoms with E-state index in [9.17, 15) is 8.78 Å². The van der Waals surface area contributed by atoms with Crippen LogP contribution in [-0.4, -0.2) is 62.4 Å². The summed E-state index contributed by atoms with van der Waals surface area (Å²) in [5.41, 5.74) is 1.60. The van der Waals surface area contributed by atoms with E-state index >= 15 is 0 Å². The van der Waals surface area contributed by atoms with Crippen molar-refractivity contribution in [1.82, 2.24) is 15.5 Å². The number of ether oxygens (including phenoxy) is 2. The van der Waals surface area contributed by atoms with Crippen molar-refractivity contribution in [2.45, 2.75) is 52.9 Å². The van der Waals surface area contributed by atoms with Gasteiger partial charge in [0, 0.05) is 37.3 Å². The number of halogens is 3. The number of guanidine groups is 1. The second-order valence-corrected chi connectivity index (χ2v) is 7.08. The molecule has 29 heavy (non-hydrogen) atoms. The number of aryl methyl sites for hydroxylation is 1. The highest BCUT2D eigenvalue weighted by Gasteiger charge is 2.23. The van der Waals surface area contributed by atoms with Crippen LogP contribution in [0.25, 0.3) is 0 Å². The second-order valence-electron chi connectivity index (χ2n) is 7.08. The van der Waals surface area contributed by atoms with E-state index in [2.05, 4.69) is 39.1 Å². The molecule has 0 aromatic heterocycles. The molecule has 2 N–H and O–H groups in total. The first-order chi connectivity index (χ1) is 13.4. The van der Waals surface area contributed by atoms with Gasteiger partial charge >= 0.3 is 6.61 Å². The summed E-state index contributed by atoms with van der Waals surface area (Å²) in [5.74, 6) is 0.815. The van der Waals surface area contributed by atoms with Crippen molar-refractivity contribution in [2.75, 3.05) is 32.8 Å². The molecule has 1 aromatic carbocycles. The zero-order chi connectivity index (χ0) is 20.5. The molecule has 1 aromatic rings. The number of alkyl halides is 2. The molecule has 0 bridgehead atoms. The first kappa shape index (κ1) is 25.8. The topological polar surface area (TPSA) is 58.1 Å². The van der Waals surface area contributed by atoms with E-state index in [0.717, 1.165) is 31.9 Å². The van der Waals surface area contributed by atoms with Gasteiger partial charge in [0.25, 0.3) is 0 Å². The van der Waals surface area contributed by atoms with Crippen molar-refractivity contribution in [2.24, 2.45) is 4.99 Å². The molecule has 2 unspecified atom stereocenters. The Labute approximate surface area is 189 Å². The van der Waals surface area contributed by atoms with Gasteiger partial charge in [0.15, 0.2) is 5.96 Å². The molecule has 1 aliphatic rings. The zero-order valence-electron chi connectivity index (χ0n) is 17.6. The Balaban J connectivity index is 0.00000420. The molecule has 0 amide bonds. The van der Waals surface area contributed by atoms with Crippen LogP contribution in [0.15, 0.2) is 23.2 Å². The maximum absolute atomic E-state index is 12.6. The molecule has 0 spiro atoms. The van der Waals surface area contributed by atoms with Gasteiger partial charge in [0.2, 0.25) is 0 Å². The monoisotopic (exact) mass is 526 g/mol. The van der Waals surface area contributed by atoms with Crippen LogP contribution in [0.1, 0.15) is 31.9 Å². The quantitative estimate of drug-likeness (QED) is 0.309. The van der Waals surface area contributed by atoms with Crippen LogP contribution in [0.4, 0.5) is 8.78 Å². The van der Waals surface area contributed by atoms with Crippen LogP contribution < -0.4 is 15.4 Å². The normalized spacial score (nSPS) is 18.9. The lowest BCUT2D eigenvalue weighted by molar-refractivity contribution is -0.0504. The molecule has 1 heterocycles. The molecule has 1 fully saturated rings. The van der Waals surface area contributed by atoms with Gasteiger partial charge < -0.3 is 20.1 Å². The number of hydrogen-bond donors (Lipinski definition) is 2. The Kier molecular flexibility index (Phi) is 11.7. The largest absolute Gasteiger partial charge is 0.434 e. The van der Waals surface area contributed by atoms with Crippen LogP contribution >= 0.6 is 24.0 Å². The van der Waals surface area contributed by atoms with E-state index in [0.29, 0.717) is 30.2 Å². The van der Waals surface area contributed by atoms with E-state index in [1.54, 1.807) is 12.1 Å². The third-order valence-corrected chi connectivity index (χ3v) is 4.73. The summed E-state index contributed by atoms with van der Waals surface area (Å²) in [5, 5.41) is 6.55. The first-order valence-corrected chi connectivity index (χ1v) is 9.80. The smallest absolute Gasteiger partial charge is 0.387 e. The Morgan fingerprint density at radius 3 is 2.79 bits per heavy atom. The SMILES string of the molecule is CCNC(=NCc1cc(C)ccc1OC(F)F)NCC(C)N1CCOCC1C.I. The van der Waals surface area contributed by atoms with Crippen LogP contribution in [0.2, 0.25) is 0 Å². The summed E-state index contributed by atoms with van der Waals surface area (Å²) in [6.45, 7) is 9.49. The predicted octanol–water partition coefficient (Wildman–Crippen LogP) is 3.38. The number of morpholine rings is 1. The number of aliphatic imine (C=N–C) groups is 1. The predicted molar refractivity (Wildman–Crippen MR) is 122 cm³/mol. The molecular weight excluding hydrogens is 493 g/mol. The molecule has 0 radical (unpaired) electrons. The second kappa shape index (κ2) is 13.2. The summed E-state index contributed by atoms with van der Waals surface area (Å²) < 4.78 is 35.4. The fraction of sp³-hybridized carbons (Fsp3) is 0.650. The Bertz CT molecular complexity index is 649. The number of benzene rings is 1. The van der Waals surface area contributed by atoms with Crippen LogP contribution in [-0.2, 0) is 11.3 Å². The maximum Gasteiger partial charge on any atom is 0.387 e. The van der Waals surface area contributed by atoms with E-state index in [-0.39, 0.29) is 36.3 Å². The molecule has 1 aliphatic heterocycles. The van der Waals surface area contributed by atoms with Crippen LogP contribution in [0.3, 0.4) is 0 Å².